The van der Waals surface area contributed by atoms with Crippen LogP contribution in [0.2, 0.25) is 0 Å². The van der Waals surface area contributed by atoms with Crippen LogP contribution in [0.5, 0.6) is 0 Å². The van der Waals surface area contributed by atoms with Crippen molar-refractivity contribution in [3.8, 4) is 0 Å². The van der Waals surface area contributed by atoms with Crippen LogP contribution in [0.3, 0.4) is 0 Å². The zero-order chi connectivity index (χ0) is 32.8. The molecule has 0 aromatic rings. The Morgan fingerprint density at radius 1 is 0.255 bits per heavy atom. The maximum Gasteiger partial charge on any atom is 2.00 e. The molecule has 4 fully saturated rings. The molecule has 4 aliphatic rings. The SMILES string of the molecule is S=P([S-])(C1CCCCCCCCC1)C1CCCCCCCCC1.S=P([S-])(C1CCCCCCCCC1)C1CCCCCCCCC1.[Zn+2]. The third kappa shape index (κ3) is 19.0. The van der Waals surface area contributed by atoms with E-state index in [0.717, 1.165) is 22.6 Å². The Morgan fingerprint density at radius 2 is 0.362 bits per heavy atom. The van der Waals surface area contributed by atoms with Crippen LogP contribution in [0.15, 0.2) is 0 Å². The second-order valence-corrected chi connectivity index (χ2v) is 30.3. The van der Waals surface area contributed by atoms with Gasteiger partial charge in [0.2, 0.25) is 0 Å². The zero-order valence-electron chi connectivity index (χ0n) is 31.0. The van der Waals surface area contributed by atoms with Crippen molar-refractivity contribution in [2.24, 2.45) is 0 Å². The molecule has 0 aromatic carbocycles. The van der Waals surface area contributed by atoms with Gasteiger partial charge in [0.25, 0.3) is 0 Å². The Bertz CT molecular complexity index is 686. The molecule has 0 amide bonds. The minimum absolute atomic E-state index is 0. The van der Waals surface area contributed by atoms with E-state index in [2.05, 4.69) is 0 Å². The maximum absolute atomic E-state index is 6.27. The molecule has 0 N–H and O–H groups in total. The molecule has 47 heavy (non-hydrogen) atoms. The molecule has 0 bridgehead atoms. The van der Waals surface area contributed by atoms with Gasteiger partial charge in [0.15, 0.2) is 0 Å². The van der Waals surface area contributed by atoms with E-state index < -0.39 is 10.5 Å². The fourth-order valence-corrected chi connectivity index (χ4v) is 19.8. The molecule has 0 radical (unpaired) electrons. The summed E-state index contributed by atoms with van der Waals surface area (Å²) < 4.78 is 0. The maximum atomic E-state index is 6.27. The van der Waals surface area contributed by atoms with E-state index in [4.69, 9.17) is 48.1 Å². The first kappa shape index (κ1) is 45.8. The Kier molecular flexibility index (Phi) is 27.4. The summed E-state index contributed by atoms with van der Waals surface area (Å²) in [6.45, 7) is 0. The molecule has 0 aliphatic heterocycles. The predicted octanol–water partition coefficient (Wildman–Crippen LogP) is 15.4. The Morgan fingerprint density at radius 3 is 0.489 bits per heavy atom. The Balaban J connectivity index is 0.000000320. The van der Waals surface area contributed by atoms with Crippen LogP contribution in [0.25, 0.3) is 0 Å². The van der Waals surface area contributed by atoms with E-state index in [9.17, 15) is 0 Å². The Hall–Kier alpha value is 2.62. The first-order valence-electron chi connectivity index (χ1n) is 21.0. The van der Waals surface area contributed by atoms with Gasteiger partial charge >= 0.3 is 19.5 Å². The quantitative estimate of drug-likeness (QED) is 0.157. The van der Waals surface area contributed by atoms with Crippen molar-refractivity contribution in [3.05, 3.63) is 0 Å². The van der Waals surface area contributed by atoms with Crippen LogP contribution in [-0.2, 0) is 67.6 Å². The van der Waals surface area contributed by atoms with Crippen molar-refractivity contribution in [1.82, 2.24) is 0 Å². The van der Waals surface area contributed by atoms with Gasteiger partial charge in [0.05, 0.1) is 0 Å². The van der Waals surface area contributed by atoms with E-state index in [1.807, 2.05) is 0 Å². The van der Waals surface area contributed by atoms with Gasteiger partial charge in [-0.3, -0.25) is 0 Å². The summed E-state index contributed by atoms with van der Waals surface area (Å²) in [4.78, 5) is 0. The first-order chi connectivity index (χ1) is 22.4. The van der Waals surface area contributed by atoms with Crippen molar-refractivity contribution in [2.75, 3.05) is 0 Å². The molecule has 0 aromatic heterocycles. The van der Waals surface area contributed by atoms with E-state index in [1.54, 1.807) is 0 Å². The summed E-state index contributed by atoms with van der Waals surface area (Å²) in [6, 6.07) is 0. The van der Waals surface area contributed by atoms with Crippen LogP contribution < -0.4 is 0 Å². The monoisotopic (exact) mass is 810 g/mol. The predicted molar refractivity (Wildman–Crippen MR) is 225 cm³/mol. The minimum atomic E-state index is -1.59. The molecule has 0 spiro atoms. The van der Waals surface area contributed by atoms with E-state index in [1.165, 1.54) is 231 Å². The molecule has 7 heteroatoms. The fourth-order valence-electron chi connectivity index (χ4n) is 9.19. The fraction of sp³-hybridized carbons (Fsp3) is 1.00. The zero-order valence-corrected chi connectivity index (χ0v) is 39.0. The first-order valence-corrected chi connectivity index (χ1v) is 28.9. The summed E-state index contributed by atoms with van der Waals surface area (Å²) in [5.41, 5.74) is 2.94. The normalized spacial score (nSPS) is 25.2. The molecule has 272 valence electrons. The number of hydrogen-bond acceptors (Lipinski definition) is 4. The van der Waals surface area contributed by atoms with Gasteiger partial charge in [-0.1, -0.05) is 180 Å². The molecule has 0 unspecified atom stereocenters. The number of hydrogen-bond donors (Lipinski definition) is 0. The summed E-state index contributed by atoms with van der Waals surface area (Å²) in [6.07, 6.45) is 50.8. The summed E-state index contributed by atoms with van der Waals surface area (Å²) in [5.74, 6) is 0. The smallest absolute Gasteiger partial charge is 0.746 e. The number of rotatable bonds is 4. The van der Waals surface area contributed by atoms with Gasteiger partial charge in [0.1, 0.15) is 0 Å². The van der Waals surface area contributed by atoms with Gasteiger partial charge in [-0.05, 0) is 74.0 Å². The van der Waals surface area contributed by atoms with Crippen LogP contribution in [0.4, 0.5) is 0 Å². The summed E-state index contributed by atoms with van der Waals surface area (Å²) in [5, 5.41) is -3.18. The molecular formula is C40H76P2S4Zn. The van der Waals surface area contributed by atoms with Crippen LogP contribution >= 0.6 is 10.5 Å². The third-order valence-corrected chi connectivity index (χ3v) is 25.6. The molecule has 0 saturated heterocycles. The molecule has 0 nitrogen and oxygen atoms in total. The third-order valence-electron chi connectivity index (χ3n) is 12.3. The van der Waals surface area contributed by atoms with Crippen molar-refractivity contribution in [1.29, 1.82) is 0 Å². The van der Waals surface area contributed by atoms with Gasteiger partial charge in [-0.2, -0.15) is 10.5 Å². The van der Waals surface area contributed by atoms with Crippen molar-refractivity contribution in [3.63, 3.8) is 0 Å². The van der Waals surface area contributed by atoms with Crippen molar-refractivity contribution < 1.29 is 19.5 Å². The summed E-state index contributed by atoms with van der Waals surface area (Å²) >= 11 is 25.1. The largest absolute Gasteiger partial charge is 2.00 e. The van der Waals surface area contributed by atoms with Crippen LogP contribution in [-0.4, -0.2) is 22.6 Å². The molecule has 4 saturated carbocycles. The van der Waals surface area contributed by atoms with Crippen molar-refractivity contribution >= 4 is 58.6 Å². The van der Waals surface area contributed by atoms with E-state index >= 15 is 0 Å². The van der Waals surface area contributed by atoms with Gasteiger partial charge in [-0.15, -0.1) is 23.6 Å². The van der Waals surface area contributed by atoms with Crippen LogP contribution in [0.1, 0.15) is 231 Å². The second-order valence-electron chi connectivity index (χ2n) is 16.1. The van der Waals surface area contributed by atoms with Gasteiger partial charge < -0.3 is 24.5 Å². The molecule has 4 rings (SSSR count). The average molecular weight is 813 g/mol. The standard InChI is InChI=1S/2C20H39PS2.Zn/c2*22-21(23,19-15-11-7-3-1-4-8-12-16-19)20-17-13-9-5-2-6-10-14-18-20;/h2*19-20H,1-18H2,(H,22,23);/q;;+2/p-2. The second kappa shape index (κ2) is 28.1. The molecule has 0 atom stereocenters. The topological polar surface area (TPSA) is 0 Å². The average Bonchev–Trinajstić information content (AvgIpc) is 3.07. The Labute approximate surface area is 329 Å². The van der Waals surface area contributed by atoms with E-state index in [-0.39, 0.29) is 19.5 Å². The van der Waals surface area contributed by atoms with Crippen LogP contribution in [0, 0.1) is 0 Å². The molecular weight excluding hydrogens is 736 g/mol. The molecule has 4 aliphatic carbocycles. The molecule has 0 heterocycles. The van der Waals surface area contributed by atoms with Gasteiger partial charge in [0, 0.05) is 0 Å². The van der Waals surface area contributed by atoms with E-state index in [0.29, 0.717) is 0 Å². The minimum Gasteiger partial charge on any atom is -0.746 e. The van der Waals surface area contributed by atoms with Gasteiger partial charge in [-0.25, -0.2) is 0 Å². The summed E-state index contributed by atoms with van der Waals surface area (Å²) in [7, 11) is 0. The van der Waals surface area contributed by atoms with Crippen molar-refractivity contribution in [2.45, 2.75) is 254 Å².